The Morgan fingerprint density at radius 3 is 1.96 bits per heavy atom. The molecule has 0 bridgehead atoms. The summed E-state index contributed by atoms with van der Waals surface area (Å²) in [5.74, 6) is 0. The van der Waals surface area contributed by atoms with Crippen LogP contribution in [0.4, 0.5) is 0 Å². The Balaban J connectivity index is 2.07. The summed E-state index contributed by atoms with van der Waals surface area (Å²) < 4.78 is 0. The molecule has 2 aromatic heterocycles. The fourth-order valence-corrected chi connectivity index (χ4v) is 3.98. The number of aromatic amines is 2. The minimum atomic E-state index is 0.693. The third-order valence-corrected chi connectivity index (χ3v) is 5.09. The molecule has 0 fully saturated rings. The first kappa shape index (κ1) is 13.6. The molecule has 5 aromatic rings. The van der Waals surface area contributed by atoms with E-state index in [9.17, 15) is 0 Å². The van der Waals surface area contributed by atoms with Crippen molar-refractivity contribution in [3.05, 3.63) is 57.5 Å². The van der Waals surface area contributed by atoms with Crippen LogP contribution in [-0.4, -0.2) is 9.97 Å². The second-order valence-electron chi connectivity index (χ2n) is 5.66. The van der Waals surface area contributed by atoms with Gasteiger partial charge in [0.1, 0.15) is 0 Å². The molecular formula is C18H9Cl3N2. The van der Waals surface area contributed by atoms with E-state index in [-0.39, 0.29) is 0 Å². The van der Waals surface area contributed by atoms with Gasteiger partial charge in [0.15, 0.2) is 0 Å². The summed E-state index contributed by atoms with van der Waals surface area (Å²) in [5.41, 5.74) is 4.05. The van der Waals surface area contributed by atoms with Gasteiger partial charge in [0.2, 0.25) is 0 Å². The lowest BCUT2D eigenvalue weighted by atomic mass is 10.1. The number of rotatable bonds is 0. The monoisotopic (exact) mass is 358 g/mol. The molecule has 0 atom stereocenters. The van der Waals surface area contributed by atoms with Crippen LogP contribution in [0.5, 0.6) is 0 Å². The van der Waals surface area contributed by atoms with E-state index in [1.807, 2.05) is 42.5 Å². The topological polar surface area (TPSA) is 31.6 Å². The van der Waals surface area contributed by atoms with Crippen molar-refractivity contribution in [1.29, 1.82) is 0 Å². The molecule has 5 rings (SSSR count). The largest absolute Gasteiger partial charge is 0.353 e. The zero-order valence-corrected chi connectivity index (χ0v) is 13.9. The number of benzene rings is 3. The molecule has 0 saturated heterocycles. The van der Waals surface area contributed by atoms with Gasteiger partial charge in [-0.15, -0.1) is 0 Å². The molecule has 2 nitrogen and oxygen atoms in total. The molecular weight excluding hydrogens is 351 g/mol. The highest BCUT2D eigenvalue weighted by molar-refractivity contribution is 6.41. The van der Waals surface area contributed by atoms with E-state index in [1.165, 1.54) is 0 Å². The van der Waals surface area contributed by atoms with Gasteiger partial charge in [-0.2, -0.15) is 0 Å². The molecule has 0 aliphatic rings. The number of H-pyrrole nitrogens is 2. The molecule has 0 radical (unpaired) electrons. The van der Waals surface area contributed by atoms with Gasteiger partial charge in [0, 0.05) is 42.6 Å². The molecule has 0 unspecified atom stereocenters. The highest BCUT2D eigenvalue weighted by Crippen LogP contribution is 2.40. The average Bonchev–Trinajstić information content (AvgIpc) is 3.06. The van der Waals surface area contributed by atoms with Crippen molar-refractivity contribution in [2.45, 2.75) is 0 Å². The predicted molar refractivity (Wildman–Crippen MR) is 100 cm³/mol. The number of hydrogen-bond acceptors (Lipinski definition) is 0. The van der Waals surface area contributed by atoms with Gasteiger partial charge in [-0.05, 0) is 42.5 Å². The first-order valence-electron chi connectivity index (χ1n) is 7.12. The Bertz CT molecular complexity index is 1250. The van der Waals surface area contributed by atoms with E-state index in [2.05, 4.69) is 9.97 Å². The number of fused-ring (bicyclic) bond motifs is 7. The number of hydrogen-bond donors (Lipinski definition) is 2. The quantitative estimate of drug-likeness (QED) is 0.301. The van der Waals surface area contributed by atoms with Crippen molar-refractivity contribution in [1.82, 2.24) is 9.97 Å². The summed E-state index contributed by atoms with van der Waals surface area (Å²) in [6.45, 7) is 0. The summed E-state index contributed by atoms with van der Waals surface area (Å²) in [6.07, 6.45) is 0. The van der Waals surface area contributed by atoms with Crippen LogP contribution in [0.25, 0.3) is 43.6 Å². The maximum absolute atomic E-state index is 6.60. The van der Waals surface area contributed by atoms with Gasteiger partial charge >= 0.3 is 0 Å². The van der Waals surface area contributed by atoms with Gasteiger partial charge in [0.05, 0.1) is 16.1 Å². The van der Waals surface area contributed by atoms with Crippen molar-refractivity contribution in [3.63, 3.8) is 0 Å². The van der Waals surface area contributed by atoms with E-state index in [0.717, 1.165) is 43.6 Å². The van der Waals surface area contributed by atoms with Crippen LogP contribution in [0, 0.1) is 0 Å². The molecule has 112 valence electrons. The Labute approximate surface area is 145 Å². The van der Waals surface area contributed by atoms with Crippen LogP contribution in [0.1, 0.15) is 0 Å². The van der Waals surface area contributed by atoms with Gasteiger partial charge in [-0.3, -0.25) is 0 Å². The van der Waals surface area contributed by atoms with Gasteiger partial charge in [-0.25, -0.2) is 0 Å². The highest BCUT2D eigenvalue weighted by atomic mass is 35.5. The molecule has 0 amide bonds. The third kappa shape index (κ3) is 1.83. The zero-order valence-electron chi connectivity index (χ0n) is 11.7. The first-order chi connectivity index (χ1) is 11.1. The van der Waals surface area contributed by atoms with Crippen molar-refractivity contribution in [3.8, 4) is 0 Å². The van der Waals surface area contributed by atoms with Gasteiger partial charge in [-0.1, -0.05) is 34.8 Å². The number of halogens is 3. The summed E-state index contributed by atoms with van der Waals surface area (Å²) in [4.78, 5) is 6.93. The van der Waals surface area contributed by atoms with Crippen molar-refractivity contribution in [2.75, 3.05) is 0 Å². The Hall–Kier alpha value is -1.87. The summed E-state index contributed by atoms with van der Waals surface area (Å²) in [7, 11) is 0. The van der Waals surface area contributed by atoms with Gasteiger partial charge < -0.3 is 9.97 Å². The van der Waals surface area contributed by atoms with Gasteiger partial charge in [0.25, 0.3) is 0 Å². The minimum absolute atomic E-state index is 0.693. The maximum atomic E-state index is 6.60. The lowest BCUT2D eigenvalue weighted by Crippen LogP contribution is -1.75. The normalized spacial score (nSPS) is 12.1. The van der Waals surface area contributed by atoms with Crippen LogP contribution < -0.4 is 0 Å². The van der Waals surface area contributed by atoms with Crippen LogP contribution in [0.2, 0.25) is 15.1 Å². The second-order valence-corrected chi connectivity index (χ2v) is 6.94. The number of nitrogens with one attached hydrogen (secondary N) is 2. The fraction of sp³-hybridized carbons (Fsp3) is 0. The SMILES string of the molecule is Clc1ccc2[nH]c3c(cc(Cl)c4c5cc(Cl)ccc5[nH]c34)c2c1. The smallest absolute Gasteiger partial charge is 0.0725 e. The van der Waals surface area contributed by atoms with E-state index in [0.29, 0.717) is 15.1 Å². The lowest BCUT2D eigenvalue weighted by Gasteiger charge is -1.99. The van der Waals surface area contributed by atoms with Crippen LogP contribution in [0.3, 0.4) is 0 Å². The molecule has 23 heavy (non-hydrogen) atoms. The van der Waals surface area contributed by atoms with E-state index < -0.39 is 0 Å². The lowest BCUT2D eigenvalue weighted by molar-refractivity contribution is 1.51. The third-order valence-electron chi connectivity index (χ3n) is 4.32. The van der Waals surface area contributed by atoms with Crippen molar-refractivity contribution in [2.24, 2.45) is 0 Å². The predicted octanol–water partition coefficient (Wildman–Crippen LogP) is 6.92. The molecule has 0 aliphatic heterocycles. The first-order valence-corrected chi connectivity index (χ1v) is 8.25. The van der Waals surface area contributed by atoms with Crippen molar-refractivity contribution >= 4 is 78.4 Å². The van der Waals surface area contributed by atoms with E-state index in [1.54, 1.807) is 0 Å². The maximum Gasteiger partial charge on any atom is 0.0725 e. The van der Waals surface area contributed by atoms with E-state index in [4.69, 9.17) is 34.8 Å². The molecule has 2 heterocycles. The molecule has 0 saturated carbocycles. The Morgan fingerprint density at radius 1 is 0.609 bits per heavy atom. The minimum Gasteiger partial charge on any atom is -0.353 e. The van der Waals surface area contributed by atoms with Crippen LogP contribution in [-0.2, 0) is 0 Å². The average molecular weight is 360 g/mol. The summed E-state index contributed by atoms with van der Waals surface area (Å²) in [6, 6.07) is 13.6. The molecule has 2 N–H and O–H groups in total. The summed E-state index contributed by atoms with van der Waals surface area (Å²) >= 11 is 18.9. The molecule has 0 spiro atoms. The molecule has 0 aliphatic carbocycles. The Morgan fingerprint density at radius 2 is 1.22 bits per heavy atom. The summed E-state index contributed by atoms with van der Waals surface area (Å²) in [5, 5.41) is 6.22. The Kier molecular flexibility index (Phi) is 2.70. The number of aromatic nitrogens is 2. The molecule has 5 heteroatoms. The van der Waals surface area contributed by atoms with E-state index >= 15 is 0 Å². The molecule has 3 aromatic carbocycles. The fourth-order valence-electron chi connectivity index (χ4n) is 3.33. The highest BCUT2D eigenvalue weighted by Gasteiger charge is 2.15. The van der Waals surface area contributed by atoms with Crippen LogP contribution in [0.15, 0.2) is 42.5 Å². The van der Waals surface area contributed by atoms with Crippen LogP contribution >= 0.6 is 34.8 Å². The zero-order chi connectivity index (χ0) is 15.7. The standard InChI is InChI=1S/C18H9Cl3N2/c19-8-1-3-14-10(5-8)11-7-13(21)16-12-6-9(20)2-4-15(12)23-18(16)17(11)22-14/h1-7,22-23H. The second kappa shape index (κ2) is 4.57. The van der Waals surface area contributed by atoms with Crippen molar-refractivity contribution < 1.29 is 0 Å².